The summed E-state index contributed by atoms with van der Waals surface area (Å²) in [5, 5.41) is 6.45. The van der Waals surface area contributed by atoms with Crippen LogP contribution < -0.4 is 15.4 Å². The number of nitrogens with zero attached hydrogens (tertiary/aromatic N) is 3. The number of amides is 1. The number of nitrogens with one attached hydrogen (secondary N) is 2. The SMILES string of the molecule is CC(C)(C)OC(=O)NCCCNc1nc(OC[C@@]23CCCN2C[C@H](F)C3)nc2c(F)c(Br)c(Cl)cc12. The molecular weight excluding hydrogens is 560 g/mol. The highest BCUT2D eigenvalue weighted by Gasteiger charge is 2.49. The zero-order chi connectivity index (χ0) is 26.1. The molecule has 0 radical (unpaired) electrons. The number of halogens is 4. The monoisotopic (exact) mass is 589 g/mol. The van der Waals surface area contributed by atoms with Crippen molar-refractivity contribution >= 4 is 50.3 Å². The van der Waals surface area contributed by atoms with E-state index in [4.69, 9.17) is 21.1 Å². The van der Waals surface area contributed by atoms with E-state index in [0.29, 0.717) is 43.7 Å². The average Bonchev–Trinajstić information content (AvgIpc) is 3.31. The molecule has 3 heterocycles. The second-order valence-corrected chi connectivity index (χ2v) is 11.5. The molecule has 2 saturated heterocycles. The Morgan fingerprint density at radius 1 is 1.36 bits per heavy atom. The average molecular weight is 591 g/mol. The first-order valence-electron chi connectivity index (χ1n) is 12.1. The summed E-state index contributed by atoms with van der Waals surface area (Å²) in [4.78, 5) is 22.7. The van der Waals surface area contributed by atoms with Crippen LogP contribution in [-0.4, -0.2) is 71.1 Å². The van der Waals surface area contributed by atoms with Crippen LogP contribution >= 0.6 is 27.5 Å². The Bertz CT molecular complexity index is 1140. The number of aromatic nitrogens is 2. The van der Waals surface area contributed by atoms with Gasteiger partial charge in [0.2, 0.25) is 0 Å². The lowest BCUT2D eigenvalue weighted by Crippen LogP contribution is -2.43. The van der Waals surface area contributed by atoms with Gasteiger partial charge in [0, 0.05) is 31.4 Å². The third-order valence-electron chi connectivity index (χ3n) is 6.35. The molecule has 198 valence electrons. The maximum Gasteiger partial charge on any atom is 0.407 e. The molecule has 0 unspecified atom stereocenters. The number of hydrogen-bond acceptors (Lipinski definition) is 7. The second kappa shape index (κ2) is 10.8. The summed E-state index contributed by atoms with van der Waals surface area (Å²) in [7, 11) is 0. The van der Waals surface area contributed by atoms with Gasteiger partial charge in [-0.1, -0.05) is 11.6 Å². The number of anilines is 1. The molecule has 0 spiro atoms. The van der Waals surface area contributed by atoms with Gasteiger partial charge in [-0.3, -0.25) is 4.90 Å². The Labute approximate surface area is 222 Å². The van der Waals surface area contributed by atoms with Crippen LogP contribution in [0.5, 0.6) is 6.01 Å². The van der Waals surface area contributed by atoms with Crippen molar-refractivity contribution in [3.8, 4) is 6.01 Å². The minimum atomic E-state index is -0.881. The Hall–Kier alpha value is -1.98. The largest absolute Gasteiger partial charge is 0.461 e. The van der Waals surface area contributed by atoms with Crippen LogP contribution in [0.4, 0.5) is 19.4 Å². The van der Waals surface area contributed by atoms with Gasteiger partial charge in [-0.2, -0.15) is 9.97 Å². The zero-order valence-corrected chi connectivity index (χ0v) is 22.9. The summed E-state index contributed by atoms with van der Waals surface area (Å²) in [6, 6.07) is 1.59. The van der Waals surface area contributed by atoms with E-state index in [2.05, 4.69) is 41.4 Å². The zero-order valence-electron chi connectivity index (χ0n) is 20.6. The number of benzene rings is 1. The third kappa shape index (κ3) is 6.11. The highest BCUT2D eigenvalue weighted by molar-refractivity contribution is 9.10. The van der Waals surface area contributed by atoms with E-state index >= 15 is 4.39 Å². The molecule has 12 heteroatoms. The quantitative estimate of drug-likeness (QED) is 0.312. The molecule has 2 N–H and O–H groups in total. The molecule has 4 rings (SSSR count). The fourth-order valence-corrected chi connectivity index (χ4v) is 5.29. The van der Waals surface area contributed by atoms with E-state index < -0.39 is 23.7 Å². The molecule has 36 heavy (non-hydrogen) atoms. The van der Waals surface area contributed by atoms with Gasteiger partial charge in [0.1, 0.15) is 29.7 Å². The van der Waals surface area contributed by atoms with Gasteiger partial charge in [0.05, 0.1) is 15.0 Å². The number of rotatable bonds is 8. The highest BCUT2D eigenvalue weighted by atomic mass is 79.9. The summed E-state index contributed by atoms with van der Waals surface area (Å²) in [5.41, 5.74) is -0.895. The van der Waals surface area contributed by atoms with Crippen molar-refractivity contribution in [2.45, 2.75) is 63.8 Å². The van der Waals surface area contributed by atoms with Crippen LogP contribution in [0.3, 0.4) is 0 Å². The standard InChI is InChI=1S/C24H31BrClF2N5O3/c1-23(2,3)36-22(34)30-8-5-7-29-20-15-10-16(26)17(25)18(28)19(15)31-21(32-20)35-13-24-6-4-9-33(24)12-14(27)11-24/h10,14H,4-9,11-13H2,1-3H3,(H,30,34)(H,29,31,32)/t14-,24+/m1/s1. The van der Waals surface area contributed by atoms with Crippen molar-refractivity contribution in [3.63, 3.8) is 0 Å². The molecule has 0 aliphatic carbocycles. The number of alkyl carbamates (subject to hydrolysis) is 1. The van der Waals surface area contributed by atoms with E-state index in [1.165, 1.54) is 0 Å². The Kier molecular flexibility index (Phi) is 8.11. The fourth-order valence-electron chi connectivity index (χ4n) is 4.80. The third-order valence-corrected chi connectivity index (χ3v) is 7.65. The lowest BCUT2D eigenvalue weighted by molar-refractivity contribution is 0.0527. The normalized spacial score (nSPS) is 22.0. The molecule has 1 aromatic heterocycles. The fraction of sp³-hybridized carbons (Fsp3) is 0.625. The number of carbonyl (C=O) groups is 1. The van der Waals surface area contributed by atoms with E-state index in [1.54, 1.807) is 26.8 Å². The lowest BCUT2D eigenvalue weighted by atomic mass is 9.95. The molecule has 2 aliphatic rings. The number of alkyl halides is 1. The molecule has 1 amide bonds. The first kappa shape index (κ1) is 27.1. The van der Waals surface area contributed by atoms with Crippen molar-refractivity contribution in [3.05, 3.63) is 21.4 Å². The topological polar surface area (TPSA) is 88.6 Å². The molecule has 2 atom stereocenters. The molecule has 2 fully saturated rings. The molecule has 2 aliphatic heterocycles. The Balaban J connectivity index is 1.47. The summed E-state index contributed by atoms with van der Waals surface area (Å²) in [6.07, 6.45) is 1.42. The van der Waals surface area contributed by atoms with Gasteiger partial charge in [-0.05, 0) is 68.6 Å². The molecule has 1 aromatic carbocycles. The van der Waals surface area contributed by atoms with E-state index in [-0.39, 0.29) is 33.2 Å². The van der Waals surface area contributed by atoms with Crippen LogP contribution in [0.15, 0.2) is 10.5 Å². The van der Waals surface area contributed by atoms with Gasteiger partial charge < -0.3 is 20.1 Å². The first-order valence-corrected chi connectivity index (χ1v) is 13.2. The molecule has 2 aromatic rings. The first-order chi connectivity index (χ1) is 17.0. The van der Waals surface area contributed by atoms with Crippen LogP contribution in [0.1, 0.15) is 46.5 Å². The predicted molar refractivity (Wildman–Crippen MR) is 138 cm³/mol. The van der Waals surface area contributed by atoms with E-state index in [0.717, 1.165) is 19.4 Å². The van der Waals surface area contributed by atoms with Crippen LogP contribution in [-0.2, 0) is 4.74 Å². The van der Waals surface area contributed by atoms with Crippen LogP contribution in [0.25, 0.3) is 10.9 Å². The summed E-state index contributed by atoms with van der Waals surface area (Å²) in [6.45, 7) is 7.66. The smallest absolute Gasteiger partial charge is 0.407 e. The number of ether oxygens (including phenoxy) is 2. The van der Waals surface area contributed by atoms with E-state index in [9.17, 15) is 9.18 Å². The van der Waals surface area contributed by atoms with Gasteiger partial charge in [-0.15, -0.1) is 0 Å². The molecule has 0 saturated carbocycles. The van der Waals surface area contributed by atoms with Crippen molar-refractivity contribution in [1.29, 1.82) is 0 Å². The van der Waals surface area contributed by atoms with Crippen molar-refractivity contribution in [2.75, 3.05) is 38.1 Å². The van der Waals surface area contributed by atoms with E-state index in [1.807, 2.05) is 0 Å². The van der Waals surface area contributed by atoms with Crippen LogP contribution in [0, 0.1) is 5.82 Å². The maximum absolute atomic E-state index is 15.1. The van der Waals surface area contributed by atoms with Crippen molar-refractivity contribution in [2.24, 2.45) is 0 Å². The van der Waals surface area contributed by atoms with Gasteiger partial charge in [-0.25, -0.2) is 13.6 Å². The van der Waals surface area contributed by atoms with Gasteiger partial charge in [0.25, 0.3) is 0 Å². The van der Waals surface area contributed by atoms with Gasteiger partial charge in [0.15, 0.2) is 5.82 Å². The van der Waals surface area contributed by atoms with Crippen molar-refractivity contribution < 1.29 is 23.0 Å². The Morgan fingerprint density at radius 2 is 2.14 bits per heavy atom. The minimum absolute atomic E-state index is 0.00790. The summed E-state index contributed by atoms with van der Waals surface area (Å²) in [5.74, 6) is -0.263. The predicted octanol–water partition coefficient (Wildman–Crippen LogP) is 5.47. The second-order valence-electron chi connectivity index (χ2n) is 10.3. The molecular formula is C24H31BrClF2N5O3. The highest BCUT2D eigenvalue weighted by Crippen LogP contribution is 2.41. The molecule has 0 bridgehead atoms. The minimum Gasteiger partial charge on any atom is -0.461 e. The number of carbonyl (C=O) groups excluding carboxylic acids is 1. The number of hydrogen-bond donors (Lipinski definition) is 2. The lowest BCUT2D eigenvalue weighted by Gasteiger charge is -2.30. The van der Waals surface area contributed by atoms with Crippen molar-refractivity contribution in [1.82, 2.24) is 20.2 Å². The van der Waals surface area contributed by atoms with Gasteiger partial charge >= 0.3 is 12.1 Å². The summed E-state index contributed by atoms with van der Waals surface area (Å²) < 4.78 is 40.5. The molecule has 8 nitrogen and oxygen atoms in total. The number of fused-ring (bicyclic) bond motifs is 2. The Morgan fingerprint density at radius 3 is 2.89 bits per heavy atom. The van der Waals surface area contributed by atoms with Crippen LogP contribution in [0.2, 0.25) is 5.02 Å². The maximum atomic E-state index is 15.1. The summed E-state index contributed by atoms with van der Waals surface area (Å²) >= 11 is 9.36.